The van der Waals surface area contributed by atoms with Gasteiger partial charge in [-0.2, -0.15) is 13.2 Å². The van der Waals surface area contributed by atoms with Gasteiger partial charge in [-0.1, -0.05) is 0 Å². The van der Waals surface area contributed by atoms with Gasteiger partial charge in [-0.25, -0.2) is 9.97 Å². The summed E-state index contributed by atoms with van der Waals surface area (Å²) >= 11 is 1.36. The lowest BCUT2D eigenvalue weighted by Gasteiger charge is -2.33. The molecule has 1 saturated heterocycles. The average molecular weight is 352 g/mol. The summed E-state index contributed by atoms with van der Waals surface area (Å²) in [6.45, 7) is 3.53. The van der Waals surface area contributed by atoms with Gasteiger partial charge < -0.3 is 9.80 Å². The summed E-state index contributed by atoms with van der Waals surface area (Å²) in [6.07, 6.45) is -4.36. The SMILES string of the molecule is CN1CCN(c2nc3ccc(C(F)(F)F)cc3c3scnc23)CC1. The summed E-state index contributed by atoms with van der Waals surface area (Å²) in [5, 5.41) is 0.514. The third-order valence-corrected chi connectivity index (χ3v) is 5.24. The fourth-order valence-electron chi connectivity index (χ4n) is 2.99. The zero-order chi connectivity index (χ0) is 16.9. The Bertz CT molecular complexity index is 897. The zero-order valence-corrected chi connectivity index (χ0v) is 13.8. The highest BCUT2D eigenvalue weighted by atomic mass is 32.1. The van der Waals surface area contributed by atoms with E-state index in [2.05, 4.69) is 26.8 Å². The fraction of sp³-hybridized carbons (Fsp3) is 0.375. The van der Waals surface area contributed by atoms with Crippen LogP contribution < -0.4 is 4.90 Å². The normalized spacial score (nSPS) is 17.1. The minimum atomic E-state index is -4.36. The number of anilines is 1. The van der Waals surface area contributed by atoms with Crippen LogP contribution in [0.1, 0.15) is 5.56 Å². The lowest BCUT2D eigenvalue weighted by Crippen LogP contribution is -2.44. The van der Waals surface area contributed by atoms with Gasteiger partial charge >= 0.3 is 6.18 Å². The van der Waals surface area contributed by atoms with Gasteiger partial charge in [0, 0.05) is 31.6 Å². The van der Waals surface area contributed by atoms with Gasteiger partial charge in [0.1, 0.15) is 5.52 Å². The first kappa shape index (κ1) is 15.6. The van der Waals surface area contributed by atoms with E-state index in [1.54, 1.807) is 5.51 Å². The van der Waals surface area contributed by atoms with Crippen LogP contribution in [0.15, 0.2) is 23.7 Å². The highest BCUT2D eigenvalue weighted by molar-refractivity contribution is 7.17. The maximum atomic E-state index is 13.0. The van der Waals surface area contributed by atoms with Crippen LogP contribution in [-0.4, -0.2) is 48.1 Å². The Morgan fingerprint density at radius 3 is 2.58 bits per heavy atom. The van der Waals surface area contributed by atoms with E-state index in [0.717, 1.165) is 42.8 Å². The number of aromatic nitrogens is 2. The molecule has 0 N–H and O–H groups in total. The second-order valence-electron chi connectivity index (χ2n) is 5.99. The Kier molecular flexibility index (Phi) is 3.61. The molecule has 0 spiro atoms. The molecule has 126 valence electrons. The molecular formula is C16H15F3N4S. The second-order valence-corrected chi connectivity index (χ2v) is 6.84. The number of thiazole rings is 1. The number of pyridine rings is 1. The Balaban J connectivity index is 1.88. The van der Waals surface area contributed by atoms with Crippen molar-refractivity contribution >= 4 is 38.3 Å². The number of rotatable bonds is 1. The molecule has 8 heteroatoms. The highest BCUT2D eigenvalue weighted by Gasteiger charge is 2.31. The molecule has 2 aromatic heterocycles. The van der Waals surface area contributed by atoms with E-state index >= 15 is 0 Å². The number of benzene rings is 1. The molecule has 0 radical (unpaired) electrons. The number of alkyl halides is 3. The largest absolute Gasteiger partial charge is 0.416 e. The van der Waals surface area contributed by atoms with E-state index in [4.69, 9.17) is 0 Å². The third-order valence-electron chi connectivity index (χ3n) is 4.38. The number of halogens is 3. The summed E-state index contributed by atoms with van der Waals surface area (Å²) in [6, 6.07) is 3.73. The number of fused-ring (bicyclic) bond motifs is 3. The van der Waals surface area contributed by atoms with Crippen LogP contribution in [0.2, 0.25) is 0 Å². The topological polar surface area (TPSA) is 32.3 Å². The van der Waals surface area contributed by atoms with Gasteiger partial charge in [0.2, 0.25) is 0 Å². The van der Waals surface area contributed by atoms with Gasteiger partial charge in [-0.05, 0) is 25.2 Å². The third kappa shape index (κ3) is 2.59. The molecule has 0 atom stereocenters. The Labute approximate surface area is 140 Å². The van der Waals surface area contributed by atoms with E-state index < -0.39 is 11.7 Å². The summed E-state index contributed by atoms with van der Waals surface area (Å²) in [5.41, 5.74) is 2.29. The van der Waals surface area contributed by atoms with Crippen LogP contribution in [0.4, 0.5) is 19.0 Å². The van der Waals surface area contributed by atoms with Crippen LogP contribution in [0.5, 0.6) is 0 Å². The molecule has 0 bridgehead atoms. The van der Waals surface area contributed by atoms with Crippen LogP contribution >= 0.6 is 11.3 Å². The number of likely N-dealkylation sites (N-methyl/N-ethyl adjacent to an activating group) is 1. The quantitative estimate of drug-likeness (QED) is 0.670. The zero-order valence-electron chi connectivity index (χ0n) is 13.0. The second kappa shape index (κ2) is 5.56. The van der Waals surface area contributed by atoms with Gasteiger partial charge in [0.05, 0.1) is 21.3 Å². The molecule has 1 fully saturated rings. The van der Waals surface area contributed by atoms with E-state index in [9.17, 15) is 13.2 Å². The molecule has 1 aromatic carbocycles. The predicted molar refractivity (Wildman–Crippen MR) is 89.6 cm³/mol. The molecule has 0 saturated carbocycles. The van der Waals surface area contributed by atoms with E-state index in [1.807, 2.05) is 0 Å². The van der Waals surface area contributed by atoms with Crippen LogP contribution in [0, 0.1) is 0 Å². The molecule has 4 nitrogen and oxygen atoms in total. The summed E-state index contributed by atoms with van der Waals surface area (Å²) in [4.78, 5) is 13.4. The number of piperazine rings is 1. The molecular weight excluding hydrogens is 337 g/mol. The van der Waals surface area contributed by atoms with Gasteiger partial charge in [-0.15, -0.1) is 11.3 Å². The molecule has 4 rings (SSSR count). The van der Waals surface area contributed by atoms with Gasteiger partial charge in [-0.3, -0.25) is 0 Å². The smallest absolute Gasteiger partial charge is 0.352 e. The Morgan fingerprint density at radius 1 is 1.12 bits per heavy atom. The van der Waals surface area contributed by atoms with Crippen molar-refractivity contribution in [1.82, 2.24) is 14.9 Å². The van der Waals surface area contributed by atoms with Crippen molar-refractivity contribution in [2.24, 2.45) is 0 Å². The molecule has 3 heterocycles. The van der Waals surface area contributed by atoms with Gasteiger partial charge in [0.25, 0.3) is 0 Å². The van der Waals surface area contributed by atoms with Crippen molar-refractivity contribution in [2.75, 3.05) is 38.1 Å². The fourth-order valence-corrected chi connectivity index (χ4v) is 3.80. The lowest BCUT2D eigenvalue weighted by atomic mass is 10.1. The molecule has 24 heavy (non-hydrogen) atoms. The maximum Gasteiger partial charge on any atom is 0.416 e. The number of hydrogen-bond donors (Lipinski definition) is 0. The van der Waals surface area contributed by atoms with Crippen molar-refractivity contribution < 1.29 is 13.2 Å². The summed E-state index contributed by atoms with van der Waals surface area (Å²) in [5.74, 6) is 0.770. The van der Waals surface area contributed by atoms with Crippen LogP contribution in [0.25, 0.3) is 21.1 Å². The van der Waals surface area contributed by atoms with Crippen molar-refractivity contribution in [1.29, 1.82) is 0 Å². The first-order chi connectivity index (χ1) is 11.4. The van der Waals surface area contributed by atoms with E-state index in [1.165, 1.54) is 23.5 Å². The van der Waals surface area contributed by atoms with Crippen LogP contribution in [0.3, 0.4) is 0 Å². The van der Waals surface area contributed by atoms with E-state index in [0.29, 0.717) is 16.4 Å². The minimum absolute atomic E-state index is 0.514. The minimum Gasteiger partial charge on any atom is -0.352 e. The number of nitrogens with zero attached hydrogens (tertiary/aromatic N) is 4. The first-order valence-electron chi connectivity index (χ1n) is 7.61. The van der Waals surface area contributed by atoms with Crippen molar-refractivity contribution in [2.45, 2.75) is 6.18 Å². The number of hydrogen-bond acceptors (Lipinski definition) is 5. The predicted octanol–water partition coefficient (Wildman–Crippen LogP) is 3.62. The van der Waals surface area contributed by atoms with Gasteiger partial charge in [0.15, 0.2) is 5.82 Å². The van der Waals surface area contributed by atoms with Crippen molar-refractivity contribution in [3.05, 3.63) is 29.3 Å². The molecule has 3 aromatic rings. The summed E-state index contributed by atoms with van der Waals surface area (Å²) < 4.78 is 39.8. The lowest BCUT2D eigenvalue weighted by molar-refractivity contribution is -0.137. The van der Waals surface area contributed by atoms with E-state index in [-0.39, 0.29) is 0 Å². The summed E-state index contributed by atoms with van der Waals surface area (Å²) in [7, 11) is 2.07. The molecule has 0 aliphatic carbocycles. The highest BCUT2D eigenvalue weighted by Crippen LogP contribution is 2.37. The van der Waals surface area contributed by atoms with Crippen molar-refractivity contribution in [3.63, 3.8) is 0 Å². The average Bonchev–Trinajstić information content (AvgIpc) is 3.03. The van der Waals surface area contributed by atoms with Crippen molar-refractivity contribution in [3.8, 4) is 0 Å². The molecule has 0 amide bonds. The standard InChI is InChI=1S/C16H15F3N4S/c1-22-4-6-23(7-5-22)15-13-14(24-9-20-13)11-8-10(16(17,18)19)2-3-12(11)21-15/h2-3,8-9H,4-7H2,1H3. The Hall–Kier alpha value is -1.93. The molecule has 0 unspecified atom stereocenters. The maximum absolute atomic E-state index is 13.0. The Morgan fingerprint density at radius 2 is 1.88 bits per heavy atom. The molecule has 1 aliphatic rings. The molecule has 1 aliphatic heterocycles. The first-order valence-corrected chi connectivity index (χ1v) is 8.49. The monoisotopic (exact) mass is 352 g/mol. The van der Waals surface area contributed by atoms with Crippen LogP contribution in [-0.2, 0) is 6.18 Å².